The molecule has 0 fully saturated rings. The third-order valence-corrected chi connectivity index (χ3v) is 2.32. The Bertz CT molecular complexity index is 394. The van der Waals surface area contributed by atoms with E-state index in [9.17, 15) is 10.1 Å². The van der Waals surface area contributed by atoms with Gasteiger partial charge in [-0.15, -0.1) is 0 Å². The van der Waals surface area contributed by atoms with Gasteiger partial charge in [-0.3, -0.25) is 10.1 Å². The first-order valence-electron chi connectivity index (χ1n) is 4.74. The van der Waals surface area contributed by atoms with Crippen LogP contribution >= 0.6 is 0 Å². The second-order valence-electron chi connectivity index (χ2n) is 3.36. The maximum atomic E-state index is 10.5. The Morgan fingerprint density at radius 3 is 3.27 bits per heavy atom. The number of fused-ring (bicyclic) bond motifs is 1. The number of hydrogen-bond acceptors (Lipinski definition) is 5. The molecule has 1 aromatic rings. The fourth-order valence-corrected chi connectivity index (χ4v) is 1.42. The summed E-state index contributed by atoms with van der Waals surface area (Å²) < 4.78 is 5.37. The first kappa shape index (κ1) is 9.70. The van der Waals surface area contributed by atoms with E-state index in [-0.39, 0.29) is 11.7 Å². The molecule has 0 amide bonds. The maximum absolute atomic E-state index is 10.5. The van der Waals surface area contributed by atoms with Gasteiger partial charge in [-0.1, -0.05) is 6.92 Å². The maximum Gasteiger partial charge on any atom is 0.289 e. The van der Waals surface area contributed by atoms with Crippen molar-refractivity contribution in [3.05, 3.63) is 22.4 Å². The van der Waals surface area contributed by atoms with Gasteiger partial charge in [0.05, 0.1) is 11.0 Å². The van der Waals surface area contributed by atoms with E-state index in [1.807, 2.05) is 6.92 Å². The van der Waals surface area contributed by atoms with E-state index in [0.29, 0.717) is 18.2 Å². The van der Waals surface area contributed by atoms with Gasteiger partial charge >= 0.3 is 0 Å². The summed E-state index contributed by atoms with van der Waals surface area (Å²) in [5, 5.41) is 13.7. The van der Waals surface area contributed by atoms with Gasteiger partial charge in [0.1, 0.15) is 18.5 Å². The summed E-state index contributed by atoms with van der Waals surface area (Å²) in [6.07, 6.45) is 2.11. The average molecular weight is 209 g/mol. The van der Waals surface area contributed by atoms with Gasteiger partial charge in [0.2, 0.25) is 5.88 Å². The van der Waals surface area contributed by atoms with Gasteiger partial charge in [0.25, 0.3) is 5.69 Å². The topological polar surface area (TPSA) is 77.3 Å². The highest BCUT2D eigenvalue weighted by Gasteiger charge is 2.21. The normalized spacial score (nSPS) is 18.6. The van der Waals surface area contributed by atoms with Crippen molar-refractivity contribution in [1.29, 1.82) is 0 Å². The number of nitrogens with zero attached hydrogens (tertiary/aromatic N) is 2. The van der Waals surface area contributed by atoms with Gasteiger partial charge in [-0.25, -0.2) is 4.98 Å². The summed E-state index contributed by atoms with van der Waals surface area (Å²) in [6.45, 7) is 2.57. The molecular formula is C9H11N3O3. The zero-order valence-corrected chi connectivity index (χ0v) is 8.27. The van der Waals surface area contributed by atoms with Crippen LogP contribution in [-0.4, -0.2) is 22.6 Å². The first-order chi connectivity index (χ1) is 7.20. The van der Waals surface area contributed by atoms with Gasteiger partial charge in [0.15, 0.2) is 0 Å². The first-order valence-corrected chi connectivity index (χ1v) is 4.74. The van der Waals surface area contributed by atoms with E-state index in [1.165, 1.54) is 12.3 Å². The predicted molar refractivity (Wildman–Crippen MR) is 54.1 cm³/mol. The minimum absolute atomic E-state index is 0.0263. The SMILES string of the molecule is CC[C@H]1COc2ncc([N+](=O)[O-])cc2N1. The number of hydrogen-bond donors (Lipinski definition) is 1. The highest BCUT2D eigenvalue weighted by atomic mass is 16.6. The number of anilines is 1. The van der Waals surface area contributed by atoms with E-state index < -0.39 is 4.92 Å². The summed E-state index contributed by atoms with van der Waals surface area (Å²) >= 11 is 0. The van der Waals surface area contributed by atoms with E-state index in [2.05, 4.69) is 10.3 Å². The van der Waals surface area contributed by atoms with E-state index in [4.69, 9.17) is 4.74 Å². The van der Waals surface area contributed by atoms with Crippen molar-refractivity contribution >= 4 is 11.4 Å². The lowest BCUT2D eigenvalue weighted by atomic mass is 10.2. The molecular weight excluding hydrogens is 198 g/mol. The molecule has 1 aliphatic heterocycles. The number of rotatable bonds is 2. The van der Waals surface area contributed by atoms with E-state index in [1.54, 1.807) is 0 Å². The third-order valence-electron chi connectivity index (χ3n) is 2.32. The Labute approximate surface area is 86.4 Å². The van der Waals surface area contributed by atoms with Crippen LogP contribution in [0.4, 0.5) is 11.4 Å². The molecule has 1 N–H and O–H groups in total. The van der Waals surface area contributed by atoms with E-state index in [0.717, 1.165) is 6.42 Å². The van der Waals surface area contributed by atoms with Crippen LogP contribution < -0.4 is 10.1 Å². The lowest BCUT2D eigenvalue weighted by Gasteiger charge is -2.25. The molecule has 0 aliphatic carbocycles. The molecule has 0 radical (unpaired) electrons. The second kappa shape index (κ2) is 3.72. The molecule has 0 aromatic carbocycles. The third kappa shape index (κ3) is 1.83. The van der Waals surface area contributed by atoms with Crippen LogP contribution in [0.2, 0.25) is 0 Å². The fourth-order valence-electron chi connectivity index (χ4n) is 1.42. The summed E-state index contributed by atoms with van der Waals surface area (Å²) in [5.41, 5.74) is 0.573. The molecule has 2 heterocycles. The standard InChI is InChI=1S/C9H11N3O3/c1-2-6-5-15-9-8(11-6)3-7(4-10-9)12(13)14/h3-4,6,11H,2,5H2,1H3/t6-/m0/s1. The van der Waals surface area contributed by atoms with Crippen molar-refractivity contribution in [2.75, 3.05) is 11.9 Å². The van der Waals surface area contributed by atoms with Crippen LogP contribution in [0.3, 0.4) is 0 Å². The smallest absolute Gasteiger partial charge is 0.289 e. The zero-order valence-electron chi connectivity index (χ0n) is 8.27. The molecule has 1 aromatic heterocycles. The number of nitro groups is 1. The average Bonchev–Trinajstić information content (AvgIpc) is 2.27. The van der Waals surface area contributed by atoms with Crippen molar-refractivity contribution in [1.82, 2.24) is 4.98 Å². The van der Waals surface area contributed by atoms with Crippen LogP contribution in [0.5, 0.6) is 5.88 Å². The molecule has 0 spiro atoms. The highest BCUT2D eigenvalue weighted by Crippen LogP contribution is 2.30. The summed E-state index contributed by atoms with van der Waals surface area (Å²) in [5.74, 6) is 0.435. The van der Waals surface area contributed by atoms with Crippen molar-refractivity contribution < 1.29 is 9.66 Å². The highest BCUT2D eigenvalue weighted by molar-refractivity contribution is 5.59. The van der Waals surface area contributed by atoms with Crippen molar-refractivity contribution in [3.8, 4) is 5.88 Å². The minimum atomic E-state index is -0.468. The Kier molecular flexibility index (Phi) is 2.40. The van der Waals surface area contributed by atoms with Gasteiger partial charge in [0, 0.05) is 6.07 Å². The second-order valence-corrected chi connectivity index (χ2v) is 3.36. The largest absolute Gasteiger partial charge is 0.474 e. The van der Waals surface area contributed by atoms with E-state index >= 15 is 0 Å². The number of ether oxygens (including phenoxy) is 1. The minimum Gasteiger partial charge on any atom is -0.474 e. The fraction of sp³-hybridized carbons (Fsp3) is 0.444. The van der Waals surface area contributed by atoms with Crippen molar-refractivity contribution in [3.63, 3.8) is 0 Å². The number of aromatic nitrogens is 1. The monoisotopic (exact) mass is 209 g/mol. The molecule has 15 heavy (non-hydrogen) atoms. The number of nitrogens with one attached hydrogen (secondary N) is 1. The molecule has 0 unspecified atom stereocenters. The van der Waals surface area contributed by atoms with Crippen molar-refractivity contribution in [2.45, 2.75) is 19.4 Å². The molecule has 1 atom stereocenters. The van der Waals surface area contributed by atoms with Gasteiger partial charge in [-0.2, -0.15) is 0 Å². The van der Waals surface area contributed by atoms with Crippen LogP contribution in [-0.2, 0) is 0 Å². The van der Waals surface area contributed by atoms with Gasteiger partial charge < -0.3 is 10.1 Å². The molecule has 0 bridgehead atoms. The molecule has 1 aliphatic rings. The molecule has 0 saturated heterocycles. The predicted octanol–water partition coefficient (Wildman–Crippen LogP) is 1.57. The van der Waals surface area contributed by atoms with Crippen molar-refractivity contribution in [2.24, 2.45) is 0 Å². The molecule has 6 heteroatoms. The molecule has 0 saturated carbocycles. The van der Waals surface area contributed by atoms with Gasteiger partial charge in [-0.05, 0) is 6.42 Å². The van der Waals surface area contributed by atoms with Crippen LogP contribution in [0.25, 0.3) is 0 Å². The quantitative estimate of drug-likeness (QED) is 0.591. The zero-order chi connectivity index (χ0) is 10.8. The Morgan fingerprint density at radius 1 is 1.80 bits per heavy atom. The lowest BCUT2D eigenvalue weighted by Crippen LogP contribution is -2.31. The Morgan fingerprint density at radius 2 is 2.60 bits per heavy atom. The van der Waals surface area contributed by atoms with Crippen LogP contribution in [0.15, 0.2) is 12.3 Å². The lowest BCUT2D eigenvalue weighted by molar-refractivity contribution is -0.385. The summed E-state index contributed by atoms with van der Waals surface area (Å²) in [6, 6.07) is 1.64. The molecule has 6 nitrogen and oxygen atoms in total. The summed E-state index contributed by atoms with van der Waals surface area (Å²) in [4.78, 5) is 13.9. The number of pyridine rings is 1. The summed E-state index contributed by atoms with van der Waals surface area (Å²) in [7, 11) is 0. The van der Waals surface area contributed by atoms with Crippen LogP contribution in [0.1, 0.15) is 13.3 Å². The Balaban J connectivity index is 2.30. The van der Waals surface area contributed by atoms with Crippen LogP contribution in [0, 0.1) is 10.1 Å². The Hall–Kier alpha value is -1.85. The molecule has 2 rings (SSSR count). The molecule has 80 valence electrons.